The molecule has 0 bridgehead atoms. The Kier molecular flexibility index (Phi) is 4.02. The van der Waals surface area contributed by atoms with E-state index >= 15 is 0 Å². The lowest BCUT2D eigenvalue weighted by Gasteiger charge is -2.17. The van der Waals surface area contributed by atoms with Crippen molar-refractivity contribution in [3.8, 4) is 6.07 Å². The summed E-state index contributed by atoms with van der Waals surface area (Å²) in [7, 11) is 0. The van der Waals surface area contributed by atoms with E-state index in [-0.39, 0.29) is 12.0 Å². The predicted molar refractivity (Wildman–Crippen MR) is 80.1 cm³/mol. The Morgan fingerprint density at radius 3 is 3.09 bits per heavy atom. The summed E-state index contributed by atoms with van der Waals surface area (Å²) in [5.74, 6) is 1.76. The summed E-state index contributed by atoms with van der Waals surface area (Å²) in [6, 6.07) is 4.05. The van der Waals surface area contributed by atoms with Crippen LogP contribution in [0.25, 0.3) is 0 Å². The molecule has 2 N–H and O–H groups in total. The third kappa shape index (κ3) is 2.92. The Hall–Kier alpha value is -2.46. The van der Waals surface area contributed by atoms with E-state index < -0.39 is 0 Å². The molecule has 1 saturated heterocycles. The van der Waals surface area contributed by atoms with Crippen molar-refractivity contribution in [2.24, 2.45) is 5.92 Å². The molecule has 114 valence electrons. The maximum atomic E-state index is 9.16. The van der Waals surface area contributed by atoms with Gasteiger partial charge in [0, 0.05) is 31.0 Å². The topological polar surface area (TPSA) is 99.5 Å². The van der Waals surface area contributed by atoms with Gasteiger partial charge in [-0.25, -0.2) is 4.98 Å². The second-order valence-corrected chi connectivity index (χ2v) is 5.48. The number of anilines is 1. The van der Waals surface area contributed by atoms with Crippen molar-refractivity contribution in [3.05, 3.63) is 35.2 Å². The van der Waals surface area contributed by atoms with E-state index in [0.717, 1.165) is 23.6 Å². The Bertz CT molecular complexity index is 704. The number of hydrogen-bond acceptors (Lipinski definition) is 6. The molecule has 3 rings (SSSR count). The number of aromatic amines is 1. The van der Waals surface area contributed by atoms with Crippen LogP contribution in [0.1, 0.15) is 35.4 Å². The Morgan fingerprint density at radius 1 is 1.50 bits per heavy atom. The molecule has 1 aliphatic heterocycles. The molecule has 2 aromatic rings. The summed E-state index contributed by atoms with van der Waals surface area (Å²) in [5, 5.41) is 19.6. The van der Waals surface area contributed by atoms with Crippen molar-refractivity contribution in [1.29, 1.82) is 5.26 Å². The highest BCUT2D eigenvalue weighted by molar-refractivity contribution is 5.56. The number of pyridine rings is 1. The third-order valence-corrected chi connectivity index (χ3v) is 3.80. The van der Waals surface area contributed by atoms with E-state index in [1.165, 1.54) is 0 Å². The lowest BCUT2D eigenvalue weighted by atomic mass is 10.0. The summed E-state index contributed by atoms with van der Waals surface area (Å²) in [6.45, 7) is 5.18. The number of hydrogen-bond donors (Lipinski definition) is 2. The zero-order valence-corrected chi connectivity index (χ0v) is 12.6. The van der Waals surface area contributed by atoms with Crippen LogP contribution in [-0.4, -0.2) is 33.3 Å². The maximum Gasteiger partial charge on any atom is 0.179 e. The molecular formula is C15H18N6O. The predicted octanol–water partition coefficient (Wildman–Crippen LogP) is 1.88. The quantitative estimate of drug-likeness (QED) is 0.894. The first-order valence-corrected chi connectivity index (χ1v) is 7.28. The smallest absolute Gasteiger partial charge is 0.179 e. The second-order valence-electron chi connectivity index (χ2n) is 5.48. The highest BCUT2D eigenvalue weighted by Gasteiger charge is 2.32. The summed E-state index contributed by atoms with van der Waals surface area (Å²) >= 11 is 0. The van der Waals surface area contributed by atoms with Crippen LogP contribution in [0.5, 0.6) is 0 Å². The van der Waals surface area contributed by atoms with Crippen molar-refractivity contribution < 1.29 is 4.74 Å². The fourth-order valence-electron chi connectivity index (χ4n) is 2.65. The average molecular weight is 298 g/mol. The fourth-order valence-corrected chi connectivity index (χ4v) is 2.65. The lowest BCUT2D eigenvalue weighted by Crippen LogP contribution is -2.19. The summed E-state index contributed by atoms with van der Waals surface area (Å²) < 4.78 is 5.77. The number of nitriles is 1. The monoisotopic (exact) mass is 298 g/mol. The van der Waals surface area contributed by atoms with Crippen LogP contribution in [0.2, 0.25) is 0 Å². The van der Waals surface area contributed by atoms with Gasteiger partial charge in [-0.05, 0) is 26.3 Å². The van der Waals surface area contributed by atoms with E-state index in [1.807, 2.05) is 19.9 Å². The molecule has 0 aromatic carbocycles. The van der Waals surface area contributed by atoms with Crippen LogP contribution in [-0.2, 0) is 4.74 Å². The highest BCUT2D eigenvalue weighted by Crippen LogP contribution is 2.33. The third-order valence-electron chi connectivity index (χ3n) is 3.80. The second kappa shape index (κ2) is 6.12. The molecular weight excluding hydrogens is 280 g/mol. The molecule has 0 unspecified atom stereocenters. The van der Waals surface area contributed by atoms with Crippen molar-refractivity contribution in [2.75, 3.05) is 18.5 Å². The molecule has 0 spiro atoms. The van der Waals surface area contributed by atoms with E-state index in [2.05, 4.69) is 31.6 Å². The van der Waals surface area contributed by atoms with Gasteiger partial charge in [0.2, 0.25) is 0 Å². The SMILES string of the molecule is Cc1cc(NC[C@@H]2CCO[C@@H]2c2n[nH]c(C)n2)c(C#N)cn1. The van der Waals surface area contributed by atoms with Crippen LogP contribution in [0.15, 0.2) is 12.3 Å². The normalized spacial score (nSPS) is 20.8. The molecule has 1 fully saturated rings. The van der Waals surface area contributed by atoms with Gasteiger partial charge < -0.3 is 10.1 Å². The summed E-state index contributed by atoms with van der Waals surface area (Å²) in [4.78, 5) is 8.51. The van der Waals surface area contributed by atoms with E-state index in [9.17, 15) is 0 Å². The van der Waals surface area contributed by atoms with Gasteiger partial charge in [-0.1, -0.05) is 0 Å². The first kappa shape index (κ1) is 14.5. The molecule has 7 heteroatoms. The number of nitrogens with one attached hydrogen (secondary N) is 2. The first-order chi connectivity index (χ1) is 10.7. The van der Waals surface area contributed by atoms with Crippen molar-refractivity contribution in [2.45, 2.75) is 26.4 Å². The fraction of sp³-hybridized carbons (Fsp3) is 0.467. The van der Waals surface area contributed by atoms with Gasteiger partial charge in [0.25, 0.3) is 0 Å². The molecule has 1 aliphatic rings. The number of nitrogens with zero attached hydrogens (tertiary/aromatic N) is 4. The molecule has 0 amide bonds. The van der Waals surface area contributed by atoms with Crippen molar-refractivity contribution in [1.82, 2.24) is 20.2 Å². The van der Waals surface area contributed by atoms with Gasteiger partial charge in [-0.2, -0.15) is 10.4 Å². The molecule has 0 radical (unpaired) electrons. The number of aromatic nitrogens is 4. The molecule has 2 aromatic heterocycles. The van der Waals surface area contributed by atoms with Crippen LogP contribution >= 0.6 is 0 Å². The Labute approximate surface area is 128 Å². The van der Waals surface area contributed by atoms with Crippen LogP contribution < -0.4 is 5.32 Å². The minimum atomic E-state index is -0.106. The average Bonchev–Trinajstić information content (AvgIpc) is 3.13. The van der Waals surface area contributed by atoms with Crippen LogP contribution in [0, 0.1) is 31.1 Å². The minimum absolute atomic E-state index is 0.106. The van der Waals surface area contributed by atoms with Crippen LogP contribution in [0.3, 0.4) is 0 Å². The standard InChI is InChI=1S/C15H18N6O/c1-9-5-13(12(6-16)8-17-9)18-7-11-3-4-22-14(11)15-19-10(2)20-21-15/h5,8,11,14H,3-4,7H2,1-2H3,(H,17,18)(H,19,20,21)/t11-,14-/m0/s1. The van der Waals surface area contributed by atoms with Gasteiger partial charge in [0.15, 0.2) is 5.82 Å². The van der Waals surface area contributed by atoms with Gasteiger partial charge >= 0.3 is 0 Å². The highest BCUT2D eigenvalue weighted by atomic mass is 16.5. The largest absolute Gasteiger partial charge is 0.383 e. The zero-order valence-electron chi connectivity index (χ0n) is 12.6. The summed E-state index contributed by atoms with van der Waals surface area (Å²) in [5.41, 5.74) is 2.24. The molecule has 7 nitrogen and oxygen atoms in total. The number of rotatable bonds is 4. The van der Waals surface area contributed by atoms with E-state index in [0.29, 0.717) is 24.5 Å². The van der Waals surface area contributed by atoms with Crippen LogP contribution in [0.4, 0.5) is 5.69 Å². The molecule has 0 aliphatic carbocycles. The number of ether oxygens (including phenoxy) is 1. The Morgan fingerprint density at radius 2 is 2.36 bits per heavy atom. The summed E-state index contributed by atoms with van der Waals surface area (Å²) in [6.07, 6.45) is 2.43. The Balaban J connectivity index is 1.71. The lowest BCUT2D eigenvalue weighted by molar-refractivity contribution is 0.0864. The number of H-pyrrole nitrogens is 1. The van der Waals surface area contributed by atoms with Gasteiger partial charge in [0.05, 0.1) is 11.3 Å². The zero-order chi connectivity index (χ0) is 15.5. The number of aryl methyl sites for hydroxylation is 2. The van der Waals surface area contributed by atoms with E-state index in [4.69, 9.17) is 10.00 Å². The van der Waals surface area contributed by atoms with Gasteiger partial charge in [-0.15, -0.1) is 0 Å². The molecule has 3 heterocycles. The van der Waals surface area contributed by atoms with Crippen molar-refractivity contribution >= 4 is 5.69 Å². The molecule has 22 heavy (non-hydrogen) atoms. The first-order valence-electron chi connectivity index (χ1n) is 7.28. The van der Waals surface area contributed by atoms with Gasteiger partial charge in [0.1, 0.15) is 18.0 Å². The van der Waals surface area contributed by atoms with Gasteiger partial charge in [-0.3, -0.25) is 10.1 Å². The minimum Gasteiger partial charge on any atom is -0.383 e. The van der Waals surface area contributed by atoms with Crippen molar-refractivity contribution in [3.63, 3.8) is 0 Å². The van der Waals surface area contributed by atoms with E-state index in [1.54, 1.807) is 6.20 Å². The maximum absolute atomic E-state index is 9.16. The molecule has 2 atom stereocenters. The molecule has 0 saturated carbocycles.